The van der Waals surface area contributed by atoms with Crippen LogP contribution >= 0.6 is 0 Å². The zero-order chi connectivity index (χ0) is 11.7. The Balaban J connectivity index is 1.78. The zero-order valence-electron chi connectivity index (χ0n) is 10.3. The van der Waals surface area contributed by atoms with E-state index in [4.69, 9.17) is 9.47 Å². The summed E-state index contributed by atoms with van der Waals surface area (Å²) in [7, 11) is 0. The molecule has 1 atom stereocenters. The molecular formula is C14H19NO2. The first-order valence-electron chi connectivity index (χ1n) is 6.48. The fourth-order valence-electron chi connectivity index (χ4n) is 2.69. The molecule has 3 rings (SSSR count). The van der Waals surface area contributed by atoms with Gasteiger partial charge in [-0.15, -0.1) is 0 Å². The highest BCUT2D eigenvalue weighted by Gasteiger charge is 2.21. The molecule has 2 aliphatic heterocycles. The molecule has 1 fully saturated rings. The normalized spacial score (nSPS) is 21.5. The van der Waals surface area contributed by atoms with Gasteiger partial charge in [0.15, 0.2) is 11.5 Å². The number of ether oxygens (including phenoxy) is 2. The van der Waals surface area contributed by atoms with Crippen LogP contribution < -0.4 is 9.47 Å². The van der Waals surface area contributed by atoms with Crippen LogP contribution in [0.15, 0.2) is 18.2 Å². The van der Waals surface area contributed by atoms with Crippen LogP contribution in [0.2, 0.25) is 0 Å². The molecule has 0 spiro atoms. The third-order valence-corrected chi connectivity index (χ3v) is 3.82. The van der Waals surface area contributed by atoms with Crippen molar-refractivity contribution in [2.75, 3.05) is 19.9 Å². The maximum Gasteiger partial charge on any atom is 0.231 e. The Bertz CT molecular complexity index is 399. The summed E-state index contributed by atoms with van der Waals surface area (Å²) < 4.78 is 10.8. The second-order valence-corrected chi connectivity index (χ2v) is 4.89. The second-order valence-electron chi connectivity index (χ2n) is 4.89. The molecule has 1 aromatic carbocycles. The lowest BCUT2D eigenvalue weighted by atomic mass is 10.0. The molecule has 2 heterocycles. The van der Waals surface area contributed by atoms with Crippen molar-refractivity contribution >= 4 is 0 Å². The first-order chi connectivity index (χ1) is 8.34. The number of benzene rings is 1. The van der Waals surface area contributed by atoms with Crippen molar-refractivity contribution in [1.82, 2.24) is 4.90 Å². The maximum absolute atomic E-state index is 5.44. The minimum atomic E-state index is 0.358. The number of fused-ring (bicyclic) bond motifs is 1. The van der Waals surface area contributed by atoms with Crippen LogP contribution in [-0.4, -0.2) is 24.8 Å². The quantitative estimate of drug-likeness (QED) is 0.784. The number of hydrogen-bond acceptors (Lipinski definition) is 3. The Labute approximate surface area is 102 Å². The molecule has 0 radical (unpaired) electrons. The van der Waals surface area contributed by atoms with Gasteiger partial charge in [-0.05, 0) is 50.6 Å². The van der Waals surface area contributed by atoms with Gasteiger partial charge in [0.05, 0.1) is 0 Å². The lowest BCUT2D eigenvalue weighted by molar-refractivity contribution is 0.171. The topological polar surface area (TPSA) is 21.7 Å². The van der Waals surface area contributed by atoms with Gasteiger partial charge in [-0.25, -0.2) is 0 Å². The Morgan fingerprint density at radius 2 is 1.82 bits per heavy atom. The van der Waals surface area contributed by atoms with Gasteiger partial charge in [0, 0.05) is 6.04 Å². The average Bonchev–Trinajstić information content (AvgIpc) is 2.86. The Hall–Kier alpha value is -1.22. The first-order valence-corrected chi connectivity index (χ1v) is 6.48. The van der Waals surface area contributed by atoms with E-state index in [1.54, 1.807) is 0 Å². The molecule has 1 saturated heterocycles. The number of nitrogens with zero attached hydrogens (tertiary/aromatic N) is 1. The summed E-state index contributed by atoms with van der Waals surface area (Å²) in [6.45, 7) is 5.07. The minimum absolute atomic E-state index is 0.358. The summed E-state index contributed by atoms with van der Waals surface area (Å²) in [4.78, 5) is 2.56. The molecule has 0 aliphatic carbocycles. The van der Waals surface area contributed by atoms with Crippen LogP contribution in [0.1, 0.15) is 37.8 Å². The average molecular weight is 233 g/mol. The Morgan fingerprint density at radius 3 is 2.65 bits per heavy atom. The standard InChI is InChI=1S/C14H19NO2/c1-11(15-7-3-2-4-8-15)12-5-6-13-14(9-12)17-10-16-13/h5-6,9,11H,2-4,7-8,10H2,1H3. The Kier molecular flexibility index (Phi) is 2.93. The molecule has 1 unspecified atom stereocenters. The predicted octanol–water partition coefficient (Wildman–Crippen LogP) is 2.96. The number of likely N-dealkylation sites (tertiary alicyclic amines) is 1. The number of hydrogen-bond donors (Lipinski definition) is 0. The summed E-state index contributed by atoms with van der Waals surface area (Å²) >= 11 is 0. The van der Waals surface area contributed by atoms with E-state index in [9.17, 15) is 0 Å². The minimum Gasteiger partial charge on any atom is -0.454 e. The van der Waals surface area contributed by atoms with Gasteiger partial charge >= 0.3 is 0 Å². The lowest BCUT2D eigenvalue weighted by Crippen LogP contribution is -2.32. The van der Waals surface area contributed by atoms with E-state index in [0.717, 1.165) is 11.5 Å². The van der Waals surface area contributed by atoms with Crippen LogP contribution in [0.3, 0.4) is 0 Å². The van der Waals surface area contributed by atoms with E-state index in [2.05, 4.69) is 24.0 Å². The van der Waals surface area contributed by atoms with Crippen molar-refractivity contribution in [1.29, 1.82) is 0 Å². The maximum atomic E-state index is 5.44. The SMILES string of the molecule is CC(c1ccc2c(c1)OCO2)N1CCCCC1. The molecule has 3 nitrogen and oxygen atoms in total. The fraction of sp³-hybridized carbons (Fsp3) is 0.571. The van der Waals surface area contributed by atoms with Crippen LogP contribution in [0.4, 0.5) is 0 Å². The third-order valence-electron chi connectivity index (χ3n) is 3.82. The van der Waals surface area contributed by atoms with Crippen molar-refractivity contribution in [3.63, 3.8) is 0 Å². The van der Waals surface area contributed by atoms with Gasteiger partial charge in [0.2, 0.25) is 6.79 Å². The smallest absolute Gasteiger partial charge is 0.231 e. The summed E-state index contributed by atoms with van der Waals surface area (Å²) in [5.41, 5.74) is 1.33. The van der Waals surface area contributed by atoms with Crippen LogP contribution in [0.5, 0.6) is 11.5 Å². The van der Waals surface area contributed by atoms with Gasteiger partial charge < -0.3 is 9.47 Å². The van der Waals surface area contributed by atoms with Crippen molar-refractivity contribution in [2.24, 2.45) is 0 Å². The molecule has 92 valence electrons. The first kappa shape index (κ1) is 10.9. The van der Waals surface area contributed by atoms with Crippen LogP contribution in [-0.2, 0) is 0 Å². The third kappa shape index (κ3) is 2.12. The van der Waals surface area contributed by atoms with Gasteiger partial charge in [-0.2, -0.15) is 0 Å². The fourth-order valence-corrected chi connectivity index (χ4v) is 2.69. The highest BCUT2D eigenvalue weighted by molar-refractivity contribution is 5.45. The molecule has 0 saturated carbocycles. The highest BCUT2D eigenvalue weighted by atomic mass is 16.7. The van der Waals surface area contributed by atoms with Crippen molar-refractivity contribution < 1.29 is 9.47 Å². The predicted molar refractivity (Wildman–Crippen MR) is 66.4 cm³/mol. The number of piperidine rings is 1. The van der Waals surface area contributed by atoms with E-state index in [1.165, 1.54) is 37.9 Å². The van der Waals surface area contributed by atoms with Gasteiger partial charge in [-0.1, -0.05) is 12.5 Å². The van der Waals surface area contributed by atoms with Crippen molar-refractivity contribution in [3.8, 4) is 11.5 Å². The van der Waals surface area contributed by atoms with Gasteiger partial charge in [-0.3, -0.25) is 4.90 Å². The molecule has 0 amide bonds. The molecule has 1 aromatic rings. The molecule has 0 bridgehead atoms. The van der Waals surface area contributed by atoms with E-state index in [1.807, 2.05) is 6.07 Å². The Morgan fingerprint density at radius 1 is 1.06 bits per heavy atom. The molecule has 2 aliphatic rings. The molecule has 0 N–H and O–H groups in total. The van der Waals surface area contributed by atoms with Crippen molar-refractivity contribution in [3.05, 3.63) is 23.8 Å². The van der Waals surface area contributed by atoms with E-state index >= 15 is 0 Å². The molecule has 3 heteroatoms. The van der Waals surface area contributed by atoms with Crippen LogP contribution in [0.25, 0.3) is 0 Å². The second kappa shape index (κ2) is 4.57. The largest absolute Gasteiger partial charge is 0.454 e. The van der Waals surface area contributed by atoms with Crippen LogP contribution in [0, 0.1) is 0 Å². The molecule has 0 aromatic heterocycles. The van der Waals surface area contributed by atoms with Crippen molar-refractivity contribution in [2.45, 2.75) is 32.2 Å². The van der Waals surface area contributed by atoms with E-state index in [0.29, 0.717) is 12.8 Å². The summed E-state index contributed by atoms with van der Waals surface area (Å²) in [5.74, 6) is 1.77. The monoisotopic (exact) mass is 233 g/mol. The lowest BCUT2D eigenvalue weighted by Gasteiger charge is -2.32. The van der Waals surface area contributed by atoms with Gasteiger partial charge in [0.1, 0.15) is 0 Å². The zero-order valence-corrected chi connectivity index (χ0v) is 10.3. The molecular weight excluding hydrogens is 214 g/mol. The van der Waals surface area contributed by atoms with E-state index in [-0.39, 0.29) is 0 Å². The summed E-state index contributed by atoms with van der Waals surface area (Å²) in [6, 6.07) is 6.79. The summed E-state index contributed by atoms with van der Waals surface area (Å²) in [5, 5.41) is 0. The van der Waals surface area contributed by atoms with E-state index < -0.39 is 0 Å². The van der Waals surface area contributed by atoms with Gasteiger partial charge in [0.25, 0.3) is 0 Å². The molecule has 17 heavy (non-hydrogen) atoms. The highest BCUT2D eigenvalue weighted by Crippen LogP contribution is 2.35. The summed E-state index contributed by atoms with van der Waals surface area (Å²) in [6.07, 6.45) is 4.04. The number of rotatable bonds is 2.